The van der Waals surface area contributed by atoms with Gasteiger partial charge < -0.3 is 37.6 Å². The number of amides is 4. The molecule has 5 atom stereocenters. The third-order valence-corrected chi connectivity index (χ3v) is 4.61. The van der Waals surface area contributed by atoms with Gasteiger partial charge in [0.2, 0.25) is 23.6 Å². The highest BCUT2D eigenvalue weighted by atomic mass is 16.4. The summed E-state index contributed by atoms with van der Waals surface area (Å²) >= 11 is 0. The van der Waals surface area contributed by atoms with Gasteiger partial charge >= 0.3 is 11.9 Å². The number of hydrogen-bond donors (Lipinski definition) is 7. The molecule has 13 heteroatoms. The van der Waals surface area contributed by atoms with Crippen molar-refractivity contribution in [3.05, 3.63) is 0 Å². The summed E-state index contributed by atoms with van der Waals surface area (Å²) in [6, 6.07) is -5.22. The molecule has 0 aromatic carbocycles. The summed E-state index contributed by atoms with van der Waals surface area (Å²) in [5, 5.41) is 24.6. The van der Waals surface area contributed by atoms with Crippen LogP contribution < -0.4 is 27.4 Å². The van der Waals surface area contributed by atoms with Crippen LogP contribution in [0.2, 0.25) is 0 Å². The fourth-order valence-electron chi connectivity index (χ4n) is 2.37. The van der Waals surface area contributed by atoms with Gasteiger partial charge in [-0.1, -0.05) is 20.3 Å². The Labute approximate surface area is 179 Å². The van der Waals surface area contributed by atoms with Gasteiger partial charge in [0.15, 0.2) is 0 Å². The van der Waals surface area contributed by atoms with E-state index in [4.69, 9.17) is 21.7 Å². The van der Waals surface area contributed by atoms with Crippen molar-refractivity contribution < 1.29 is 39.0 Å². The maximum absolute atomic E-state index is 12.6. The minimum Gasteiger partial charge on any atom is -0.481 e. The van der Waals surface area contributed by atoms with Crippen LogP contribution in [0.25, 0.3) is 0 Å². The van der Waals surface area contributed by atoms with Crippen molar-refractivity contribution in [3.63, 3.8) is 0 Å². The van der Waals surface area contributed by atoms with Gasteiger partial charge in [0.25, 0.3) is 0 Å². The summed E-state index contributed by atoms with van der Waals surface area (Å²) in [5.74, 6) is -6.40. The fraction of sp³-hybridized carbons (Fsp3) is 0.667. The van der Waals surface area contributed by atoms with Crippen molar-refractivity contribution in [2.45, 2.75) is 70.6 Å². The smallest absolute Gasteiger partial charge is 0.325 e. The molecular formula is C18H31N5O8. The Bertz CT molecular complexity index is 698. The molecule has 0 aliphatic heterocycles. The third-order valence-electron chi connectivity index (χ3n) is 4.61. The predicted molar refractivity (Wildman–Crippen MR) is 107 cm³/mol. The van der Waals surface area contributed by atoms with E-state index >= 15 is 0 Å². The van der Waals surface area contributed by atoms with Crippen molar-refractivity contribution >= 4 is 35.6 Å². The van der Waals surface area contributed by atoms with Crippen LogP contribution in [-0.4, -0.2) is 69.9 Å². The van der Waals surface area contributed by atoms with Crippen LogP contribution in [0.3, 0.4) is 0 Å². The monoisotopic (exact) mass is 445 g/mol. The van der Waals surface area contributed by atoms with Gasteiger partial charge in [0.1, 0.15) is 18.1 Å². The first-order valence-electron chi connectivity index (χ1n) is 9.69. The van der Waals surface area contributed by atoms with E-state index in [-0.39, 0.29) is 18.8 Å². The van der Waals surface area contributed by atoms with E-state index in [1.165, 1.54) is 6.92 Å². The molecule has 5 unspecified atom stereocenters. The molecule has 0 saturated heterocycles. The maximum atomic E-state index is 12.6. The van der Waals surface area contributed by atoms with E-state index in [2.05, 4.69) is 16.0 Å². The normalized spacial score (nSPS) is 15.5. The minimum absolute atomic E-state index is 0.236. The molecule has 0 saturated carbocycles. The Morgan fingerprint density at radius 3 is 1.84 bits per heavy atom. The van der Waals surface area contributed by atoms with E-state index < -0.39 is 66.2 Å². The average molecular weight is 445 g/mol. The molecule has 0 aliphatic rings. The van der Waals surface area contributed by atoms with E-state index in [0.717, 1.165) is 0 Å². The highest BCUT2D eigenvalue weighted by Gasteiger charge is 2.31. The number of nitrogens with two attached hydrogens (primary N) is 2. The van der Waals surface area contributed by atoms with Gasteiger partial charge in [-0.15, -0.1) is 0 Å². The highest BCUT2D eigenvalue weighted by molar-refractivity contribution is 5.95. The Morgan fingerprint density at radius 2 is 1.39 bits per heavy atom. The lowest BCUT2D eigenvalue weighted by molar-refractivity contribution is -0.143. The van der Waals surface area contributed by atoms with Crippen LogP contribution in [0.1, 0.15) is 46.5 Å². The molecule has 31 heavy (non-hydrogen) atoms. The number of carboxylic acid groups (broad SMARTS) is 2. The quantitative estimate of drug-likeness (QED) is 0.151. The molecule has 176 valence electrons. The topological polar surface area (TPSA) is 231 Å². The lowest BCUT2D eigenvalue weighted by Crippen LogP contribution is -2.57. The molecule has 9 N–H and O–H groups in total. The largest absolute Gasteiger partial charge is 0.481 e. The molecule has 0 rings (SSSR count). The van der Waals surface area contributed by atoms with Crippen LogP contribution in [0.5, 0.6) is 0 Å². The van der Waals surface area contributed by atoms with Gasteiger partial charge in [-0.05, 0) is 19.3 Å². The SMILES string of the molecule is CCC(C)C(N)C(=O)NC(CC(=O)O)C(=O)NC(CCC(N)=O)C(=O)NC(C)C(=O)O. The zero-order chi connectivity index (χ0) is 24.3. The average Bonchev–Trinajstić information content (AvgIpc) is 2.68. The van der Waals surface area contributed by atoms with E-state index in [9.17, 15) is 28.8 Å². The van der Waals surface area contributed by atoms with Gasteiger partial charge in [-0.3, -0.25) is 28.8 Å². The number of nitrogens with one attached hydrogen (secondary N) is 3. The molecule has 0 spiro atoms. The maximum Gasteiger partial charge on any atom is 0.325 e. The molecule has 0 fully saturated rings. The van der Waals surface area contributed by atoms with Crippen LogP contribution in [0.15, 0.2) is 0 Å². The lowest BCUT2D eigenvalue weighted by atomic mass is 9.99. The number of hydrogen-bond acceptors (Lipinski definition) is 7. The first-order valence-corrected chi connectivity index (χ1v) is 9.69. The van der Waals surface area contributed by atoms with Crippen molar-refractivity contribution in [1.82, 2.24) is 16.0 Å². The van der Waals surface area contributed by atoms with E-state index in [1.807, 2.05) is 0 Å². The summed E-state index contributed by atoms with van der Waals surface area (Å²) in [4.78, 5) is 70.4. The van der Waals surface area contributed by atoms with Crippen molar-refractivity contribution in [3.8, 4) is 0 Å². The van der Waals surface area contributed by atoms with E-state index in [1.54, 1.807) is 13.8 Å². The molecule has 0 radical (unpaired) electrons. The number of carboxylic acids is 2. The van der Waals surface area contributed by atoms with Crippen LogP contribution >= 0.6 is 0 Å². The summed E-state index contributed by atoms with van der Waals surface area (Å²) in [6.07, 6.45) is -0.796. The number of primary amides is 1. The van der Waals surface area contributed by atoms with E-state index in [0.29, 0.717) is 6.42 Å². The van der Waals surface area contributed by atoms with Gasteiger partial charge in [0.05, 0.1) is 12.5 Å². The second-order valence-corrected chi connectivity index (χ2v) is 7.21. The molecule has 13 nitrogen and oxygen atoms in total. The second kappa shape index (κ2) is 13.2. The lowest BCUT2D eigenvalue weighted by Gasteiger charge is -2.25. The standard InChI is InChI=1S/C18H31N5O8/c1-4-8(2)14(20)17(29)23-11(7-13(25)26)16(28)22-10(5-6-12(19)24)15(27)21-9(3)18(30)31/h8-11,14H,4-7,20H2,1-3H3,(H2,19,24)(H,21,27)(H,22,28)(H,23,29)(H,25,26)(H,30,31). The van der Waals surface area contributed by atoms with Crippen molar-refractivity contribution in [2.75, 3.05) is 0 Å². The Hall–Kier alpha value is -3.22. The van der Waals surface area contributed by atoms with Crippen molar-refractivity contribution in [2.24, 2.45) is 17.4 Å². The Kier molecular flexibility index (Phi) is 11.8. The first-order chi connectivity index (χ1) is 14.3. The second-order valence-electron chi connectivity index (χ2n) is 7.21. The summed E-state index contributed by atoms with van der Waals surface area (Å²) in [7, 11) is 0. The van der Waals surface area contributed by atoms with Crippen LogP contribution in [-0.2, 0) is 28.8 Å². The molecule has 0 aromatic heterocycles. The molecule has 0 bridgehead atoms. The van der Waals surface area contributed by atoms with Gasteiger partial charge in [0, 0.05) is 6.42 Å². The fourth-order valence-corrected chi connectivity index (χ4v) is 2.37. The first kappa shape index (κ1) is 27.8. The number of carbonyl (C=O) groups excluding carboxylic acids is 4. The predicted octanol–water partition coefficient (Wildman–Crippen LogP) is -2.34. The molecular weight excluding hydrogens is 414 g/mol. The van der Waals surface area contributed by atoms with Gasteiger partial charge in [-0.2, -0.15) is 0 Å². The minimum atomic E-state index is -1.55. The summed E-state index contributed by atoms with van der Waals surface area (Å²) in [5.41, 5.74) is 10.9. The third kappa shape index (κ3) is 10.4. The van der Waals surface area contributed by atoms with Crippen molar-refractivity contribution in [1.29, 1.82) is 0 Å². The highest BCUT2D eigenvalue weighted by Crippen LogP contribution is 2.07. The molecule has 0 aromatic rings. The summed E-state index contributed by atoms with van der Waals surface area (Å²) in [6.45, 7) is 4.71. The zero-order valence-electron chi connectivity index (χ0n) is 17.7. The Morgan fingerprint density at radius 1 is 0.871 bits per heavy atom. The number of aliphatic carboxylic acids is 2. The molecule has 0 aliphatic carbocycles. The van der Waals surface area contributed by atoms with Crippen LogP contribution in [0.4, 0.5) is 0 Å². The number of carbonyl (C=O) groups is 6. The molecule has 4 amide bonds. The number of rotatable bonds is 14. The Balaban J connectivity index is 5.47. The summed E-state index contributed by atoms with van der Waals surface area (Å²) < 4.78 is 0. The molecule has 0 heterocycles. The van der Waals surface area contributed by atoms with Crippen LogP contribution in [0, 0.1) is 5.92 Å². The van der Waals surface area contributed by atoms with Gasteiger partial charge in [-0.25, -0.2) is 0 Å². The zero-order valence-corrected chi connectivity index (χ0v) is 17.7.